The highest BCUT2D eigenvalue weighted by Crippen LogP contribution is 2.25. The first kappa shape index (κ1) is 12.1. The smallest absolute Gasteiger partial charge is 0.0461 e. The lowest BCUT2D eigenvalue weighted by atomic mass is 10.0. The lowest BCUT2D eigenvalue weighted by Crippen LogP contribution is -2.03. The zero-order valence-electron chi connectivity index (χ0n) is 9.13. The molecule has 2 nitrogen and oxygen atoms in total. The Labute approximate surface area is 96.3 Å². The van der Waals surface area contributed by atoms with Crippen LogP contribution in [0.5, 0.6) is 0 Å². The monoisotopic (exact) mass is 224 g/mol. The van der Waals surface area contributed by atoms with Gasteiger partial charge < -0.3 is 10.7 Å². The summed E-state index contributed by atoms with van der Waals surface area (Å²) < 4.78 is 0. The number of aryl methyl sites for hydroxylation is 2. The maximum absolute atomic E-state index is 5.62. The topological polar surface area (TPSA) is 41.8 Å². The van der Waals surface area contributed by atoms with Crippen LogP contribution in [0.1, 0.15) is 16.8 Å². The van der Waals surface area contributed by atoms with Gasteiger partial charge in [0.05, 0.1) is 0 Å². The van der Waals surface area contributed by atoms with Crippen LogP contribution in [0.25, 0.3) is 10.9 Å². The molecule has 2 rings (SSSR count). The van der Waals surface area contributed by atoms with Crippen molar-refractivity contribution in [3.63, 3.8) is 0 Å². The minimum Gasteiger partial charge on any atom is -0.358 e. The average Bonchev–Trinajstić information content (AvgIpc) is 2.45. The van der Waals surface area contributed by atoms with Gasteiger partial charge >= 0.3 is 0 Å². The van der Waals surface area contributed by atoms with Crippen LogP contribution in [0.4, 0.5) is 0 Å². The third-order valence-electron chi connectivity index (χ3n) is 2.74. The molecule has 82 valence electrons. The van der Waals surface area contributed by atoms with Crippen LogP contribution in [0.3, 0.4) is 0 Å². The Hall–Kier alpha value is -0.990. The third-order valence-corrected chi connectivity index (χ3v) is 2.74. The molecule has 0 spiro atoms. The second kappa shape index (κ2) is 4.69. The summed E-state index contributed by atoms with van der Waals surface area (Å²) in [6, 6.07) is 6.35. The molecule has 2 aromatic rings. The number of nitrogens with two attached hydrogens (primary N) is 1. The lowest BCUT2D eigenvalue weighted by Gasteiger charge is -2.00. The fraction of sp³-hybridized carbons (Fsp3) is 0.333. The summed E-state index contributed by atoms with van der Waals surface area (Å²) in [7, 11) is 0. The van der Waals surface area contributed by atoms with Crippen molar-refractivity contribution in [3.05, 3.63) is 35.0 Å². The van der Waals surface area contributed by atoms with Crippen LogP contribution in [0.15, 0.2) is 18.2 Å². The summed E-state index contributed by atoms with van der Waals surface area (Å²) in [5, 5.41) is 1.36. The number of aromatic nitrogens is 1. The van der Waals surface area contributed by atoms with Gasteiger partial charge in [0, 0.05) is 16.6 Å². The summed E-state index contributed by atoms with van der Waals surface area (Å²) in [4.78, 5) is 3.40. The minimum atomic E-state index is 0. The van der Waals surface area contributed by atoms with Crippen LogP contribution in [-0.4, -0.2) is 11.5 Å². The van der Waals surface area contributed by atoms with E-state index < -0.39 is 0 Å². The standard InChI is InChI=1S/C12H16N2.ClH/c1-8-4-3-5-11-12(8)10(6-7-13)9(2)14-11;/h3-5,14H,6-7,13H2,1-2H3;1H. The minimum absolute atomic E-state index is 0. The molecule has 0 saturated heterocycles. The van der Waals surface area contributed by atoms with Crippen LogP contribution in [0.2, 0.25) is 0 Å². The Balaban J connectivity index is 0.00000112. The number of aromatic amines is 1. The van der Waals surface area contributed by atoms with E-state index in [9.17, 15) is 0 Å². The second-order valence-corrected chi connectivity index (χ2v) is 3.76. The molecule has 1 aromatic heterocycles. The van der Waals surface area contributed by atoms with Gasteiger partial charge in [0.15, 0.2) is 0 Å². The van der Waals surface area contributed by atoms with Crippen LogP contribution >= 0.6 is 12.4 Å². The van der Waals surface area contributed by atoms with Crippen molar-refractivity contribution in [1.29, 1.82) is 0 Å². The zero-order valence-corrected chi connectivity index (χ0v) is 9.95. The highest BCUT2D eigenvalue weighted by atomic mass is 35.5. The lowest BCUT2D eigenvalue weighted by molar-refractivity contribution is 0.962. The van der Waals surface area contributed by atoms with Crippen molar-refractivity contribution in [2.24, 2.45) is 5.73 Å². The highest BCUT2D eigenvalue weighted by molar-refractivity contribution is 5.87. The van der Waals surface area contributed by atoms with Crippen molar-refractivity contribution < 1.29 is 0 Å². The SMILES string of the molecule is Cc1[nH]c2cccc(C)c2c1CCN.Cl. The van der Waals surface area contributed by atoms with Crippen molar-refractivity contribution in [1.82, 2.24) is 4.98 Å². The number of fused-ring (bicyclic) bond motifs is 1. The molecule has 0 aliphatic heterocycles. The summed E-state index contributed by atoms with van der Waals surface area (Å²) in [6.07, 6.45) is 0.955. The van der Waals surface area contributed by atoms with E-state index in [0.717, 1.165) is 6.42 Å². The van der Waals surface area contributed by atoms with Gasteiger partial charge in [0.2, 0.25) is 0 Å². The van der Waals surface area contributed by atoms with Gasteiger partial charge in [-0.05, 0) is 44.0 Å². The van der Waals surface area contributed by atoms with Gasteiger partial charge in [-0.15, -0.1) is 12.4 Å². The van der Waals surface area contributed by atoms with E-state index in [0.29, 0.717) is 6.54 Å². The van der Waals surface area contributed by atoms with Gasteiger partial charge in [-0.25, -0.2) is 0 Å². The van der Waals surface area contributed by atoms with Gasteiger partial charge in [-0.3, -0.25) is 0 Å². The van der Waals surface area contributed by atoms with E-state index in [1.165, 1.54) is 27.7 Å². The quantitative estimate of drug-likeness (QED) is 0.809. The maximum atomic E-state index is 5.62. The molecule has 0 aliphatic carbocycles. The molecule has 0 fully saturated rings. The van der Waals surface area contributed by atoms with Crippen molar-refractivity contribution in [3.8, 4) is 0 Å². The Kier molecular flexibility index (Phi) is 3.77. The number of rotatable bonds is 2. The molecular weight excluding hydrogens is 208 g/mol. The van der Waals surface area contributed by atoms with Crippen LogP contribution in [-0.2, 0) is 6.42 Å². The first-order valence-electron chi connectivity index (χ1n) is 5.01. The van der Waals surface area contributed by atoms with E-state index >= 15 is 0 Å². The number of halogens is 1. The predicted molar refractivity (Wildman–Crippen MR) is 67.8 cm³/mol. The Morgan fingerprint density at radius 2 is 2.00 bits per heavy atom. The number of benzene rings is 1. The van der Waals surface area contributed by atoms with E-state index in [-0.39, 0.29) is 12.4 Å². The fourth-order valence-electron chi connectivity index (χ4n) is 2.09. The number of H-pyrrole nitrogens is 1. The largest absolute Gasteiger partial charge is 0.358 e. The van der Waals surface area contributed by atoms with Gasteiger partial charge in [-0.1, -0.05) is 12.1 Å². The second-order valence-electron chi connectivity index (χ2n) is 3.76. The van der Waals surface area contributed by atoms with Gasteiger partial charge in [-0.2, -0.15) is 0 Å². The molecule has 3 N–H and O–H groups in total. The normalized spacial score (nSPS) is 10.3. The number of hydrogen-bond donors (Lipinski definition) is 2. The Morgan fingerprint density at radius 3 is 2.67 bits per heavy atom. The Morgan fingerprint density at radius 1 is 1.27 bits per heavy atom. The van der Waals surface area contributed by atoms with Gasteiger partial charge in [0.1, 0.15) is 0 Å². The average molecular weight is 225 g/mol. The zero-order chi connectivity index (χ0) is 10.1. The number of hydrogen-bond acceptors (Lipinski definition) is 1. The van der Waals surface area contributed by atoms with Gasteiger partial charge in [0.25, 0.3) is 0 Å². The first-order valence-corrected chi connectivity index (χ1v) is 5.01. The third kappa shape index (κ3) is 2.01. The molecule has 0 aliphatic rings. The molecule has 0 bridgehead atoms. The van der Waals surface area contributed by atoms with Crippen molar-refractivity contribution >= 4 is 23.3 Å². The fourth-order valence-corrected chi connectivity index (χ4v) is 2.09. The summed E-state index contributed by atoms with van der Waals surface area (Å²) in [5.41, 5.74) is 10.8. The van der Waals surface area contributed by atoms with Crippen molar-refractivity contribution in [2.75, 3.05) is 6.54 Å². The molecule has 0 saturated carbocycles. The molecule has 0 unspecified atom stereocenters. The van der Waals surface area contributed by atoms with Crippen molar-refractivity contribution in [2.45, 2.75) is 20.3 Å². The maximum Gasteiger partial charge on any atom is 0.0461 e. The molecule has 1 aromatic carbocycles. The molecule has 0 amide bonds. The van der Waals surface area contributed by atoms with E-state index in [1.807, 2.05) is 0 Å². The first-order chi connectivity index (χ1) is 6.74. The summed E-state index contributed by atoms with van der Waals surface area (Å²) >= 11 is 0. The summed E-state index contributed by atoms with van der Waals surface area (Å²) in [6.45, 7) is 4.97. The van der Waals surface area contributed by atoms with E-state index in [2.05, 4.69) is 37.0 Å². The molecule has 3 heteroatoms. The Bertz CT molecular complexity index is 460. The predicted octanol–water partition coefficient (Wildman–Crippen LogP) is 2.71. The summed E-state index contributed by atoms with van der Waals surface area (Å²) in [5.74, 6) is 0. The van der Waals surface area contributed by atoms with E-state index in [1.54, 1.807) is 0 Å². The van der Waals surface area contributed by atoms with Crippen LogP contribution < -0.4 is 5.73 Å². The molecule has 0 atom stereocenters. The molecular formula is C12H17ClN2. The number of nitrogens with one attached hydrogen (secondary N) is 1. The van der Waals surface area contributed by atoms with E-state index in [4.69, 9.17) is 5.73 Å². The van der Waals surface area contributed by atoms with Crippen LogP contribution in [0, 0.1) is 13.8 Å². The molecule has 1 heterocycles. The molecule has 15 heavy (non-hydrogen) atoms. The highest BCUT2D eigenvalue weighted by Gasteiger charge is 2.08. The molecule has 0 radical (unpaired) electrons.